The van der Waals surface area contributed by atoms with Crippen LogP contribution < -0.4 is 0 Å². The Hall–Kier alpha value is -0.633. The fourth-order valence-electron chi connectivity index (χ4n) is 0. The summed E-state index contributed by atoms with van der Waals surface area (Å²) in [7, 11) is -5.33. The molecule has 15 heavy (non-hydrogen) atoms. The van der Waals surface area contributed by atoms with Crippen LogP contribution in [0, 0.1) is 0 Å². The van der Waals surface area contributed by atoms with Gasteiger partial charge in [-0.1, -0.05) is 0 Å². The van der Waals surface area contributed by atoms with Crippen molar-refractivity contribution in [2.45, 2.75) is 0 Å². The zero-order valence-electron chi connectivity index (χ0n) is 6.41. The Bertz CT molecular complexity index is 143. The normalized spacial score (nSPS) is 6.53. The predicted octanol–water partition coefficient (Wildman–Crippen LogP) is -3.64. The zero-order valence-corrected chi connectivity index (χ0v) is 6.41. The van der Waals surface area contributed by atoms with Gasteiger partial charge in [-0.25, -0.2) is 9.59 Å². The first kappa shape index (κ1) is 23.9. The molecule has 0 aromatic carbocycles. The Labute approximate surface area is 94.7 Å². The van der Waals surface area contributed by atoms with Crippen molar-refractivity contribution in [3.8, 4) is 0 Å². The van der Waals surface area contributed by atoms with Crippen molar-refractivity contribution in [3.63, 3.8) is 0 Å². The van der Waals surface area contributed by atoms with Crippen LogP contribution in [0.4, 0.5) is 8.63 Å². The molecule has 13 heteroatoms. The van der Waals surface area contributed by atoms with Crippen molar-refractivity contribution in [2.24, 2.45) is 0 Å². The van der Waals surface area contributed by atoms with E-state index in [1.165, 1.54) is 0 Å². The summed E-state index contributed by atoms with van der Waals surface area (Å²) in [5.74, 6) is -3.65. The second-order valence-electron chi connectivity index (χ2n) is 1.23. The van der Waals surface area contributed by atoms with Gasteiger partial charge in [0.2, 0.25) is 0 Å². The average molecular weight is 226 g/mol. The van der Waals surface area contributed by atoms with Gasteiger partial charge in [-0.2, -0.15) is 0 Å². The standard InChI is InChI=1S/C2H2O4.2BFH2O2.Li.H/c3-1(4)2(5)6;2*2-1(3)4;;/h(H,3,4)(H,5,6);2*3-4H;;. The molecule has 0 aliphatic carbocycles. The summed E-state index contributed by atoms with van der Waals surface area (Å²) < 4.78 is 20.2. The third kappa shape index (κ3) is 152. The summed E-state index contributed by atoms with van der Waals surface area (Å²) in [5, 5.41) is 42.6. The number of carboxylic acids is 2. The van der Waals surface area contributed by atoms with E-state index in [1.54, 1.807) is 0 Å². The Kier molecular flexibility index (Phi) is 25.2. The van der Waals surface area contributed by atoms with Crippen LogP contribution in [0.1, 0.15) is 0 Å². The fourth-order valence-corrected chi connectivity index (χ4v) is 0. The molecule has 84 valence electrons. The van der Waals surface area contributed by atoms with Crippen LogP contribution in [0.2, 0.25) is 0 Å². The molecule has 0 aromatic heterocycles. The molecule has 0 fully saturated rings. The summed E-state index contributed by atoms with van der Waals surface area (Å²) in [6, 6.07) is 0. The zero-order chi connectivity index (χ0) is 12.3. The molecule has 6 N–H and O–H groups in total. The molecule has 0 amide bonds. The molecule has 0 saturated heterocycles. The van der Waals surface area contributed by atoms with E-state index in [0.29, 0.717) is 0 Å². The van der Waals surface area contributed by atoms with E-state index in [9.17, 15) is 8.63 Å². The van der Waals surface area contributed by atoms with Gasteiger partial charge in [0.25, 0.3) is 0 Å². The molecule has 8 nitrogen and oxygen atoms in total. The van der Waals surface area contributed by atoms with E-state index >= 15 is 0 Å². The number of halogens is 2. The van der Waals surface area contributed by atoms with Crippen LogP contribution in [0.15, 0.2) is 0 Å². The summed E-state index contributed by atoms with van der Waals surface area (Å²) in [6.07, 6.45) is 0. The van der Waals surface area contributed by atoms with Crippen molar-refractivity contribution in [1.29, 1.82) is 0 Å². The Morgan fingerprint density at radius 2 is 0.867 bits per heavy atom. The number of carbonyl (C=O) groups is 2. The number of rotatable bonds is 0. The van der Waals surface area contributed by atoms with Gasteiger partial charge < -0.3 is 30.3 Å². The first-order valence-corrected chi connectivity index (χ1v) is 2.57. The van der Waals surface area contributed by atoms with Gasteiger partial charge >= 0.3 is 45.6 Å². The second kappa shape index (κ2) is 15.8. The van der Waals surface area contributed by atoms with E-state index in [2.05, 4.69) is 0 Å². The van der Waals surface area contributed by atoms with Gasteiger partial charge in [0.1, 0.15) is 0 Å². The van der Waals surface area contributed by atoms with Gasteiger partial charge in [0.15, 0.2) is 0 Å². The third-order valence-electron chi connectivity index (χ3n) is 0.183. The van der Waals surface area contributed by atoms with Crippen LogP contribution in [-0.2, 0) is 9.59 Å². The molecular formula is C2H7B2F2LiO8. The first-order chi connectivity index (χ1) is 6.11. The molecule has 0 radical (unpaired) electrons. The Morgan fingerprint density at radius 3 is 0.867 bits per heavy atom. The van der Waals surface area contributed by atoms with E-state index in [4.69, 9.17) is 39.9 Å². The fraction of sp³-hybridized carbons (Fsp3) is 0. The maximum absolute atomic E-state index is 10.1. The topological polar surface area (TPSA) is 156 Å². The summed E-state index contributed by atoms with van der Waals surface area (Å²) in [4.78, 5) is 18.2. The molecule has 0 heterocycles. The van der Waals surface area contributed by atoms with E-state index in [-0.39, 0.29) is 18.9 Å². The summed E-state index contributed by atoms with van der Waals surface area (Å²) in [5.41, 5.74) is 0. The molecule has 0 atom stereocenters. The van der Waals surface area contributed by atoms with Crippen molar-refractivity contribution in [3.05, 3.63) is 0 Å². The van der Waals surface area contributed by atoms with E-state index in [0.717, 1.165) is 0 Å². The van der Waals surface area contributed by atoms with Gasteiger partial charge in [-0.05, 0) is 0 Å². The van der Waals surface area contributed by atoms with Gasteiger partial charge in [0.05, 0.1) is 0 Å². The molecule has 0 bridgehead atoms. The van der Waals surface area contributed by atoms with E-state index in [1.807, 2.05) is 0 Å². The van der Waals surface area contributed by atoms with Gasteiger partial charge in [-0.3, -0.25) is 8.63 Å². The third-order valence-corrected chi connectivity index (χ3v) is 0.183. The van der Waals surface area contributed by atoms with Crippen molar-refractivity contribution >= 4 is 45.6 Å². The molecule has 0 aliphatic heterocycles. The van der Waals surface area contributed by atoms with Crippen molar-refractivity contribution in [1.82, 2.24) is 0 Å². The van der Waals surface area contributed by atoms with E-state index < -0.39 is 26.7 Å². The average Bonchev–Trinajstić information content (AvgIpc) is 1.83. The van der Waals surface area contributed by atoms with Gasteiger partial charge in [0, 0.05) is 0 Å². The number of aliphatic carboxylic acids is 2. The quantitative estimate of drug-likeness (QED) is 0.182. The van der Waals surface area contributed by atoms with Crippen LogP contribution in [-0.4, -0.2) is 75.9 Å². The minimum atomic E-state index is -2.67. The van der Waals surface area contributed by atoms with Crippen molar-refractivity contribution in [2.75, 3.05) is 0 Å². The van der Waals surface area contributed by atoms with Crippen LogP contribution in [0.5, 0.6) is 0 Å². The number of hydrogen-bond acceptors (Lipinski definition) is 6. The van der Waals surface area contributed by atoms with Crippen molar-refractivity contribution < 1.29 is 48.5 Å². The summed E-state index contributed by atoms with van der Waals surface area (Å²) >= 11 is 0. The monoisotopic (exact) mass is 226 g/mol. The van der Waals surface area contributed by atoms with Crippen LogP contribution in [0.3, 0.4) is 0 Å². The summed E-state index contributed by atoms with van der Waals surface area (Å²) in [6.45, 7) is 0. The SMILES string of the molecule is O=C(O)C(=O)O.OB(O)F.OB(O)F.[LiH]. The molecule has 0 rings (SSSR count). The second-order valence-corrected chi connectivity index (χ2v) is 1.23. The molecule has 0 unspecified atom stereocenters. The molecule has 0 saturated carbocycles. The molecule has 0 spiro atoms. The molecule has 0 aliphatic rings. The van der Waals surface area contributed by atoms with Crippen LogP contribution >= 0.6 is 0 Å². The first-order valence-electron chi connectivity index (χ1n) is 2.57. The molecule has 0 aromatic rings. The predicted molar refractivity (Wildman–Crippen MR) is 45.0 cm³/mol. The number of hydrogen-bond donors (Lipinski definition) is 6. The van der Waals surface area contributed by atoms with Gasteiger partial charge in [-0.15, -0.1) is 0 Å². The maximum atomic E-state index is 10.1. The number of carboxylic acid groups (broad SMARTS) is 2. The molecular weight excluding hydrogens is 219 g/mol. The Morgan fingerprint density at radius 1 is 0.800 bits per heavy atom. The minimum absolute atomic E-state index is 0. The Balaban J connectivity index is -0.0000000606. The van der Waals surface area contributed by atoms with Crippen LogP contribution in [0.25, 0.3) is 0 Å².